The predicted octanol–water partition coefficient (Wildman–Crippen LogP) is 3.13. The highest BCUT2D eigenvalue weighted by Gasteiger charge is 2.23. The number of nitrogens with zero attached hydrogens (tertiary/aromatic N) is 1. The van der Waals surface area contributed by atoms with E-state index in [0.717, 1.165) is 0 Å². The third kappa shape index (κ3) is 7.04. The van der Waals surface area contributed by atoms with Crippen LogP contribution in [0.15, 0.2) is 4.99 Å². The average molecular weight is 257 g/mol. The summed E-state index contributed by atoms with van der Waals surface area (Å²) >= 11 is 0. The third-order valence-electron chi connectivity index (χ3n) is 2.12. The Balaban J connectivity index is 4.90. The predicted molar refractivity (Wildman–Crippen MR) is 69.9 cm³/mol. The fourth-order valence-corrected chi connectivity index (χ4v) is 1.57. The number of carboxylic acids is 1. The molecule has 0 heterocycles. The first kappa shape index (κ1) is 16.6. The Kier molecular flexibility index (Phi) is 6.01. The van der Waals surface area contributed by atoms with E-state index in [0.29, 0.717) is 12.3 Å². The Labute approximate surface area is 108 Å². The second-order valence-corrected chi connectivity index (χ2v) is 5.81. The lowest BCUT2D eigenvalue weighted by atomic mass is 9.94. The molecule has 1 atom stereocenters. The quantitative estimate of drug-likeness (QED) is 0.785. The van der Waals surface area contributed by atoms with Gasteiger partial charge in [-0.15, -0.1) is 0 Å². The second kappa shape index (κ2) is 6.52. The zero-order valence-corrected chi connectivity index (χ0v) is 12.0. The molecule has 0 spiro atoms. The van der Waals surface area contributed by atoms with Crippen molar-refractivity contribution in [1.82, 2.24) is 0 Å². The number of amides is 1. The van der Waals surface area contributed by atoms with Gasteiger partial charge in [-0.25, -0.2) is 9.59 Å². The number of carbonyl (C=O) groups is 2. The monoisotopic (exact) mass is 257 g/mol. The smallest absolute Gasteiger partial charge is 0.434 e. The van der Waals surface area contributed by atoms with E-state index in [1.165, 1.54) is 0 Å². The molecule has 0 bridgehead atoms. The molecule has 0 aliphatic carbocycles. The fraction of sp³-hybridized carbons (Fsp3) is 0.769. The van der Waals surface area contributed by atoms with Gasteiger partial charge in [-0.2, -0.15) is 4.99 Å². The number of aliphatic imine (C=N–C) groups is 1. The normalized spacial score (nSPS) is 14.5. The van der Waals surface area contributed by atoms with E-state index in [9.17, 15) is 9.59 Å². The number of carbonyl (C=O) groups excluding carboxylic acids is 1. The highest BCUT2D eigenvalue weighted by Crippen LogP contribution is 2.15. The fourth-order valence-electron chi connectivity index (χ4n) is 1.57. The molecule has 1 amide bonds. The van der Waals surface area contributed by atoms with E-state index in [2.05, 4.69) is 4.99 Å². The Morgan fingerprint density at radius 1 is 1.22 bits per heavy atom. The first-order valence-electron chi connectivity index (χ1n) is 6.07. The van der Waals surface area contributed by atoms with Gasteiger partial charge in [0.15, 0.2) is 0 Å². The van der Waals surface area contributed by atoms with Crippen LogP contribution in [0.2, 0.25) is 0 Å². The Morgan fingerprint density at radius 3 is 2.06 bits per heavy atom. The van der Waals surface area contributed by atoms with Gasteiger partial charge in [0.2, 0.25) is 0 Å². The molecule has 0 radical (unpaired) electrons. The molecule has 0 saturated heterocycles. The molecule has 0 aliphatic rings. The lowest BCUT2D eigenvalue weighted by Gasteiger charge is -2.18. The van der Waals surface area contributed by atoms with Crippen LogP contribution in [0, 0.1) is 11.8 Å². The first-order valence-corrected chi connectivity index (χ1v) is 6.07. The Hall–Kier alpha value is -1.39. The van der Waals surface area contributed by atoms with Crippen molar-refractivity contribution in [3.63, 3.8) is 0 Å². The van der Waals surface area contributed by atoms with E-state index in [1.807, 2.05) is 13.8 Å². The molecule has 18 heavy (non-hydrogen) atoms. The van der Waals surface area contributed by atoms with Gasteiger partial charge in [-0.3, -0.25) is 0 Å². The highest BCUT2D eigenvalue weighted by molar-refractivity contribution is 6.37. The lowest BCUT2D eigenvalue weighted by Crippen LogP contribution is -2.27. The third-order valence-corrected chi connectivity index (χ3v) is 2.12. The summed E-state index contributed by atoms with van der Waals surface area (Å²) in [7, 11) is 0. The minimum Gasteiger partial charge on any atom is -0.477 e. The van der Waals surface area contributed by atoms with E-state index in [1.54, 1.807) is 27.7 Å². The van der Waals surface area contributed by atoms with Crippen molar-refractivity contribution in [3.05, 3.63) is 0 Å². The summed E-state index contributed by atoms with van der Waals surface area (Å²) in [5.41, 5.74) is -0.816. The molecular weight excluding hydrogens is 234 g/mol. The number of ether oxygens (including phenoxy) is 1. The van der Waals surface area contributed by atoms with Crippen LogP contribution < -0.4 is 0 Å². The molecular formula is C13H23NO4. The Morgan fingerprint density at radius 2 is 1.72 bits per heavy atom. The van der Waals surface area contributed by atoms with Crippen LogP contribution in [0.25, 0.3) is 0 Å². The van der Waals surface area contributed by atoms with Gasteiger partial charge in [0.25, 0.3) is 0 Å². The molecule has 0 rings (SSSR count). The van der Waals surface area contributed by atoms with Gasteiger partial charge < -0.3 is 9.84 Å². The maximum atomic E-state index is 11.5. The summed E-state index contributed by atoms with van der Waals surface area (Å²) in [4.78, 5) is 26.1. The number of rotatable bonds is 4. The largest absolute Gasteiger partial charge is 0.477 e. The standard InChI is InChI=1S/C13H23NO4/c1-8(2)7-9(3)10(11(15)16)14-12(17)18-13(4,5)6/h8-9H,7H2,1-6H3,(H,15,16). The molecule has 1 N–H and O–H groups in total. The zero-order valence-electron chi connectivity index (χ0n) is 12.0. The van der Waals surface area contributed by atoms with E-state index >= 15 is 0 Å². The summed E-state index contributed by atoms with van der Waals surface area (Å²) in [6, 6.07) is 0. The minimum absolute atomic E-state index is 0.141. The van der Waals surface area contributed by atoms with Crippen molar-refractivity contribution < 1.29 is 19.4 Å². The molecule has 0 aromatic rings. The van der Waals surface area contributed by atoms with Gasteiger partial charge in [-0.1, -0.05) is 20.8 Å². The summed E-state index contributed by atoms with van der Waals surface area (Å²) in [6.45, 7) is 10.8. The van der Waals surface area contributed by atoms with Crippen molar-refractivity contribution in [3.8, 4) is 0 Å². The van der Waals surface area contributed by atoms with Gasteiger partial charge in [0.05, 0.1) is 0 Å². The number of hydrogen-bond acceptors (Lipinski definition) is 3. The molecule has 104 valence electrons. The van der Waals surface area contributed by atoms with Crippen LogP contribution in [-0.2, 0) is 9.53 Å². The number of carboxylic acid groups (broad SMARTS) is 1. The summed E-state index contributed by atoms with van der Waals surface area (Å²) in [6.07, 6.45) is -0.191. The van der Waals surface area contributed by atoms with Gasteiger partial charge in [0.1, 0.15) is 11.3 Å². The van der Waals surface area contributed by atoms with Crippen molar-refractivity contribution >= 4 is 17.8 Å². The maximum absolute atomic E-state index is 11.5. The topological polar surface area (TPSA) is 76.0 Å². The molecule has 0 fully saturated rings. The van der Waals surface area contributed by atoms with E-state index in [4.69, 9.17) is 9.84 Å². The zero-order chi connectivity index (χ0) is 14.5. The summed E-state index contributed by atoms with van der Waals surface area (Å²) < 4.78 is 4.98. The molecule has 5 nitrogen and oxygen atoms in total. The Bertz CT molecular complexity index is 339. The molecule has 0 aliphatic heterocycles. The molecule has 5 heteroatoms. The first-order chi connectivity index (χ1) is 8.03. The summed E-state index contributed by atoms with van der Waals surface area (Å²) in [5.74, 6) is -1.12. The van der Waals surface area contributed by atoms with Crippen LogP contribution in [0.3, 0.4) is 0 Å². The van der Waals surface area contributed by atoms with E-state index in [-0.39, 0.29) is 11.6 Å². The van der Waals surface area contributed by atoms with Gasteiger partial charge in [-0.05, 0) is 33.1 Å². The van der Waals surface area contributed by atoms with Crippen molar-refractivity contribution in [2.45, 2.75) is 53.6 Å². The van der Waals surface area contributed by atoms with Gasteiger partial charge >= 0.3 is 12.1 Å². The van der Waals surface area contributed by atoms with Crippen LogP contribution >= 0.6 is 0 Å². The highest BCUT2D eigenvalue weighted by atomic mass is 16.6. The van der Waals surface area contributed by atoms with E-state index < -0.39 is 17.7 Å². The lowest BCUT2D eigenvalue weighted by molar-refractivity contribution is -0.129. The van der Waals surface area contributed by atoms with Crippen molar-refractivity contribution in [2.24, 2.45) is 16.8 Å². The van der Waals surface area contributed by atoms with Crippen LogP contribution in [0.4, 0.5) is 4.79 Å². The minimum atomic E-state index is -1.17. The SMILES string of the molecule is CC(C)CC(C)C(=NC(=O)OC(C)(C)C)C(=O)O. The van der Waals surface area contributed by atoms with Crippen molar-refractivity contribution in [1.29, 1.82) is 0 Å². The van der Waals surface area contributed by atoms with Gasteiger partial charge in [0, 0.05) is 5.92 Å². The maximum Gasteiger partial charge on any atom is 0.434 e. The molecule has 1 unspecified atom stereocenters. The van der Waals surface area contributed by atoms with Crippen molar-refractivity contribution in [2.75, 3.05) is 0 Å². The number of hydrogen-bond donors (Lipinski definition) is 1. The second-order valence-electron chi connectivity index (χ2n) is 5.81. The molecule has 0 aromatic heterocycles. The summed E-state index contributed by atoms with van der Waals surface area (Å²) in [5, 5.41) is 9.07. The van der Waals surface area contributed by atoms with Crippen LogP contribution in [0.1, 0.15) is 48.0 Å². The van der Waals surface area contributed by atoms with Crippen LogP contribution in [0.5, 0.6) is 0 Å². The number of aliphatic carboxylic acids is 1. The molecule has 0 aromatic carbocycles. The van der Waals surface area contributed by atoms with Crippen LogP contribution in [-0.4, -0.2) is 28.5 Å². The molecule has 0 saturated carbocycles. The average Bonchev–Trinajstić information content (AvgIpc) is 2.09.